The van der Waals surface area contributed by atoms with Crippen molar-refractivity contribution < 1.29 is 13.2 Å². The normalized spacial score (nSPS) is 11.0. The second-order valence-corrected chi connectivity index (χ2v) is 7.20. The Morgan fingerprint density at radius 2 is 1.86 bits per heavy atom. The van der Waals surface area contributed by atoms with E-state index in [0.717, 1.165) is 9.87 Å². The second-order valence-electron chi connectivity index (χ2n) is 6.32. The molecule has 0 spiro atoms. The van der Waals surface area contributed by atoms with Gasteiger partial charge >= 0.3 is 0 Å². The van der Waals surface area contributed by atoms with Crippen molar-refractivity contribution in [3.63, 3.8) is 0 Å². The fourth-order valence-corrected chi connectivity index (χ4v) is 3.52. The molecule has 0 aliphatic carbocycles. The van der Waals surface area contributed by atoms with E-state index in [-0.39, 0.29) is 22.9 Å². The van der Waals surface area contributed by atoms with Crippen molar-refractivity contribution >= 4 is 39.6 Å². The summed E-state index contributed by atoms with van der Waals surface area (Å²) in [6.07, 6.45) is 2.97. The van der Waals surface area contributed by atoms with Crippen LogP contribution in [-0.4, -0.2) is 28.9 Å². The Kier molecular flexibility index (Phi) is 4.96. The van der Waals surface area contributed by atoms with Crippen molar-refractivity contribution in [3.8, 4) is 0 Å². The van der Waals surface area contributed by atoms with Gasteiger partial charge in [0.1, 0.15) is 5.56 Å². The third-order valence-corrected chi connectivity index (χ3v) is 5.02. The van der Waals surface area contributed by atoms with E-state index < -0.39 is 10.9 Å². The number of carbonyl (C=O) groups excluding carboxylic acids is 1. The molecule has 0 bridgehead atoms. The zero-order valence-corrected chi connectivity index (χ0v) is 16.3. The molecule has 1 N–H and O–H groups in total. The van der Waals surface area contributed by atoms with Crippen molar-refractivity contribution in [2.75, 3.05) is 9.62 Å². The number of aryl methyl sites for hydroxylation is 1. The van der Waals surface area contributed by atoms with Gasteiger partial charge in [0, 0.05) is 18.0 Å². The highest BCUT2D eigenvalue weighted by Crippen LogP contribution is 2.25. The lowest BCUT2D eigenvalue weighted by atomic mass is 10.2. The van der Waals surface area contributed by atoms with Gasteiger partial charge in [-0.15, -0.1) is 0 Å². The van der Waals surface area contributed by atoms with E-state index in [1.54, 1.807) is 36.5 Å². The van der Waals surface area contributed by atoms with E-state index in [1.807, 2.05) is 31.2 Å². The standard InChI is InChI=1S/C20H17N5O3S/c1-14-6-5-9-16(12-14)25(29(27)28)18-10-11-24-19(23-18)17(13-21-24)20(26)22-15-7-3-2-4-8-15/h2-13,29H,1H3,(H,22,26). The summed E-state index contributed by atoms with van der Waals surface area (Å²) in [4.78, 5) is 17.1. The van der Waals surface area contributed by atoms with Crippen molar-refractivity contribution in [2.45, 2.75) is 6.92 Å². The molecule has 0 fully saturated rings. The number of nitrogens with one attached hydrogen (secondary N) is 1. The van der Waals surface area contributed by atoms with E-state index in [1.165, 1.54) is 16.8 Å². The summed E-state index contributed by atoms with van der Waals surface area (Å²) < 4.78 is 26.5. The predicted octanol–water partition coefficient (Wildman–Crippen LogP) is 2.95. The zero-order valence-electron chi connectivity index (χ0n) is 15.4. The number of carbonyl (C=O) groups is 1. The Morgan fingerprint density at radius 1 is 1.07 bits per heavy atom. The summed E-state index contributed by atoms with van der Waals surface area (Å²) in [5.74, 6) is -0.210. The molecule has 0 unspecified atom stereocenters. The molecule has 0 saturated heterocycles. The van der Waals surface area contributed by atoms with Gasteiger partial charge in [0.25, 0.3) is 5.91 Å². The Labute approximate surface area is 168 Å². The number of rotatable bonds is 5. The van der Waals surface area contributed by atoms with Gasteiger partial charge in [0.2, 0.25) is 10.9 Å². The lowest BCUT2D eigenvalue weighted by Gasteiger charge is -2.17. The summed E-state index contributed by atoms with van der Waals surface area (Å²) in [7, 11) is -2.99. The molecule has 0 atom stereocenters. The summed E-state index contributed by atoms with van der Waals surface area (Å²) in [5, 5.41) is 6.92. The van der Waals surface area contributed by atoms with Gasteiger partial charge in [-0.3, -0.25) is 4.79 Å². The second kappa shape index (κ2) is 7.72. The van der Waals surface area contributed by atoms with E-state index in [9.17, 15) is 13.2 Å². The predicted molar refractivity (Wildman–Crippen MR) is 111 cm³/mol. The van der Waals surface area contributed by atoms with Crippen molar-refractivity contribution in [1.29, 1.82) is 0 Å². The van der Waals surface area contributed by atoms with Gasteiger partial charge in [-0.25, -0.2) is 22.2 Å². The zero-order chi connectivity index (χ0) is 20.4. The van der Waals surface area contributed by atoms with E-state index >= 15 is 0 Å². The number of fused-ring (bicyclic) bond motifs is 1. The summed E-state index contributed by atoms with van der Waals surface area (Å²) >= 11 is 0. The van der Waals surface area contributed by atoms with Crippen LogP contribution in [0.3, 0.4) is 0 Å². The number of benzene rings is 2. The van der Waals surface area contributed by atoms with Crippen LogP contribution in [0.2, 0.25) is 0 Å². The van der Waals surface area contributed by atoms with Crippen molar-refractivity contribution in [3.05, 3.63) is 84.2 Å². The minimum Gasteiger partial charge on any atom is -0.322 e. The Balaban J connectivity index is 1.75. The Bertz CT molecular complexity index is 1260. The van der Waals surface area contributed by atoms with Gasteiger partial charge in [0.05, 0.1) is 11.9 Å². The van der Waals surface area contributed by atoms with Crippen LogP contribution in [0.1, 0.15) is 15.9 Å². The molecule has 9 heteroatoms. The number of thiol groups is 1. The smallest absolute Gasteiger partial charge is 0.261 e. The quantitative estimate of drug-likeness (QED) is 0.496. The van der Waals surface area contributed by atoms with Crippen molar-refractivity contribution in [1.82, 2.24) is 14.6 Å². The first-order chi connectivity index (χ1) is 14.0. The summed E-state index contributed by atoms with van der Waals surface area (Å²) in [6.45, 7) is 1.87. The molecular formula is C20H17N5O3S. The monoisotopic (exact) mass is 407 g/mol. The SMILES string of the molecule is Cc1cccc(N(c2ccn3ncc(C(=O)Nc4ccccc4)c3n2)[SH](=O)=O)c1. The molecule has 1 amide bonds. The van der Waals surface area contributed by atoms with Gasteiger partial charge in [-0.1, -0.05) is 30.3 Å². The lowest BCUT2D eigenvalue weighted by Crippen LogP contribution is -2.17. The molecule has 2 aromatic carbocycles. The van der Waals surface area contributed by atoms with Crippen LogP contribution in [0.5, 0.6) is 0 Å². The van der Waals surface area contributed by atoms with Gasteiger partial charge in [-0.2, -0.15) is 5.10 Å². The largest absolute Gasteiger partial charge is 0.322 e. The molecule has 0 aliphatic heterocycles. The van der Waals surface area contributed by atoms with Crippen LogP contribution < -0.4 is 9.62 Å². The molecule has 4 aromatic rings. The highest BCUT2D eigenvalue weighted by atomic mass is 32.2. The van der Waals surface area contributed by atoms with Crippen LogP contribution in [0.15, 0.2) is 73.1 Å². The van der Waals surface area contributed by atoms with E-state index in [2.05, 4.69) is 15.4 Å². The highest BCUT2D eigenvalue weighted by Gasteiger charge is 2.18. The number of anilines is 3. The molecule has 4 rings (SSSR count). The summed E-state index contributed by atoms with van der Waals surface area (Å²) in [5.41, 5.74) is 2.51. The van der Waals surface area contributed by atoms with Crippen LogP contribution in [0.25, 0.3) is 5.65 Å². The summed E-state index contributed by atoms with van der Waals surface area (Å²) in [6, 6.07) is 17.6. The molecule has 0 radical (unpaired) electrons. The molecule has 0 aliphatic rings. The Hall–Kier alpha value is -3.72. The minimum absolute atomic E-state index is 0.175. The van der Waals surface area contributed by atoms with Crippen LogP contribution in [0, 0.1) is 6.92 Å². The topological polar surface area (TPSA) is 96.7 Å². The third kappa shape index (κ3) is 3.81. The van der Waals surface area contributed by atoms with Gasteiger partial charge < -0.3 is 5.32 Å². The number of para-hydroxylation sites is 1. The van der Waals surface area contributed by atoms with Crippen LogP contribution in [-0.2, 0) is 10.9 Å². The maximum Gasteiger partial charge on any atom is 0.261 e. The number of hydrogen-bond acceptors (Lipinski definition) is 5. The first-order valence-electron chi connectivity index (χ1n) is 8.75. The Morgan fingerprint density at radius 3 is 2.59 bits per heavy atom. The molecule has 8 nitrogen and oxygen atoms in total. The minimum atomic E-state index is -2.99. The van der Waals surface area contributed by atoms with Crippen LogP contribution in [0.4, 0.5) is 17.2 Å². The number of aromatic nitrogens is 3. The molecule has 0 saturated carbocycles. The number of amides is 1. The molecule has 146 valence electrons. The van der Waals surface area contributed by atoms with E-state index in [0.29, 0.717) is 11.4 Å². The van der Waals surface area contributed by atoms with Gasteiger partial charge in [-0.05, 0) is 36.8 Å². The third-order valence-electron chi connectivity index (χ3n) is 4.26. The first-order valence-corrected chi connectivity index (χ1v) is 9.88. The fraction of sp³-hybridized carbons (Fsp3) is 0.0500. The maximum absolute atomic E-state index is 12.7. The molecule has 2 heterocycles. The average molecular weight is 407 g/mol. The van der Waals surface area contributed by atoms with E-state index in [4.69, 9.17) is 0 Å². The highest BCUT2D eigenvalue weighted by molar-refractivity contribution is 7.74. The molecular weight excluding hydrogens is 390 g/mol. The lowest BCUT2D eigenvalue weighted by molar-refractivity contribution is 0.102. The average Bonchev–Trinajstić information content (AvgIpc) is 3.12. The number of nitrogens with zero attached hydrogens (tertiary/aromatic N) is 4. The fourth-order valence-electron chi connectivity index (χ4n) is 2.93. The van der Waals surface area contributed by atoms with Gasteiger partial charge in [0.15, 0.2) is 11.5 Å². The molecule has 2 aromatic heterocycles. The maximum atomic E-state index is 12.7. The number of hydrogen-bond donors (Lipinski definition) is 2. The van der Waals surface area contributed by atoms with Crippen molar-refractivity contribution in [2.24, 2.45) is 0 Å². The van der Waals surface area contributed by atoms with Crippen LogP contribution >= 0.6 is 0 Å². The molecule has 29 heavy (non-hydrogen) atoms. The first kappa shape index (κ1) is 18.6.